The largest absolute Gasteiger partial charge is 0.372 e. The molecule has 4 rings (SSSR count). The number of nitrogens with zero attached hydrogens (tertiary/aromatic N) is 3. The van der Waals surface area contributed by atoms with E-state index in [1.165, 1.54) is 17.0 Å². The summed E-state index contributed by atoms with van der Waals surface area (Å²) in [5.74, 6) is -0.839. The number of fused-ring (bicyclic) bond motifs is 1. The second-order valence-electron chi connectivity index (χ2n) is 6.57. The van der Waals surface area contributed by atoms with Gasteiger partial charge in [0.05, 0.1) is 22.5 Å². The molecule has 8 heteroatoms. The molecule has 27 heavy (non-hydrogen) atoms. The lowest BCUT2D eigenvalue weighted by atomic mass is 10.1. The Bertz CT molecular complexity index is 1110. The number of para-hydroxylation sites is 1. The molecule has 0 aliphatic carbocycles. The van der Waals surface area contributed by atoms with Gasteiger partial charge in [-0.05, 0) is 23.8 Å². The predicted octanol–water partition coefficient (Wildman–Crippen LogP) is 2.34. The van der Waals surface area contributed by atoms with Crippen LogP contribution < -0.4 is 4.90 Å². The van der Waals surface area contributed by atoms with E-state index in [0.29, 0.717) is 16.8 Å². The minimum absolute atomic E-state index is 0.0624. The number of rotatable bonds is 3. The van der Waals surface area contributed by atoms with Gasteiger partial charge in [-0.25, -0.2) is 12.8 Å². The van der Waals surface area contributed by atoms with E-state index >= 15 is 0 Å². The molecule has 0 spiro atoms. The van der Waals surface area contributed by atoms with E-state index in [1.54, 1.807) is 54.5 Å². The first-order valence-electron chi connectivity index (χ1n) is 8.39. The van der Waals surface area contributed by atoms with Crippen LogP contribution in [0.4, 0.5) is 10.1 Å². The van der Waals surface area contributed by atoms with Crippen molar-refractivity contribution in [1.82, 2.24) is 9.78 Å². The van der Waals surface area contributed by atoms with Crippen LogP contribution in [-0.4, -0.2) is 35.3 Å². The Hall–Kier alpha value is -2.71. The van der Waals surface area contributed by atoms with Crippen LogP contribution in [0.2, 0.25) is 0 Å². The summed E-state index contributed by atoms with van der Waals surface area (Å²) >= 11 is 0. The third-order valence-corrected chi connectivity index (χ3v) is 6.42. The molecule has 3 aromatic rings. The van der Waals surface area contributed by atoms with Gasteiger partial charge in [-0.3, -0.25) is 4.68 Å². The topological polar surface area (TPSA) is 75.4 Å². The monoisotopic (exact) mass is 387 g/mol. The Labute approximate surface area is 156 Å². The van der Waals surface area contributed by atoms with Crippen LogP contribution in [0.3, 0.4) is 0 Å². The standard InChI is InChI=1S/C19H18FN3O3S/c1-22-10-15(9-21-22)13-6-7-14(16(20)8-13)11-23-17-4-2-3-5-18(17)27(25,26)12-19(23)24/h2-10,19,24H,11-12H2,1H3. The Balaban J connectivity index is 1.68. The lowest BCUT2D eigenvalue weighted by Crippen LogP contribution is -2.44. The summed E-state index contributed by atoms with van der Waals surface area (Å²) in [5, 5.41) is 14.4. The van der Waals surface area contributed by atoms with Crippen molar-refractivity contribution in [3.63, 3.8) is 0 Å². The second kappa shape index (κ2) is 6.47. The maximum absolute atomic E-state index is 14.7. The van der Waals surface area contributed by atoms with Crippen molar-refractivity contribution in [1.29, 1.82) is 0 Å². The Morgan fingerprint density at radius 2 is 2.00 bits per heavy atom. The lowest BCUT2D eigenvalue weighted by Gasteiger charge is -2.35. The van der Waals surface area contributed by atoms with Crippen molar-refractivity contribution in [2.45, 2.75) is 17.7 Å². The number of aliphatic hydroxyl groups is 1. The summed E-state index contributed by atoms with van der Waals surface area (Å²) in [6.07, 6.45) is 2.22. The third-order valence-electron chi connectivity index (χ3n) is 4.67. The number of halogens is 1. The third kappa shape index (κ3) is 3.22. The highest BCUT2D eigenvalue weighted by molar-refractivity contribution is 7.91. The first-order valence-corrected chi connectivity index (χ1v) is 10.0. The van der Waals surface area contributed by atoms with Gasteiger partial charge in [0.1, 0.15) is 12.0 Å². The molecular formula is C19H18FN3O3S. The van der Waals surface area contributed by atoms with E-state index in [0.717, 1.165) is 5.56 Å². The zero-order chi connectivity index (χ0) is 19.2. The minimum atomic E-state index is -3.56. The zero-order valence-corrected chi connectivity index (χ0v) is 15.4. The van der Waals surface area contributed by atoms with Gasteiger partial charge in [-0.1, -0.05) is 24.3 Å². The van der Waals surface area contributed by atoms with Crippen molar-refractivity contribution in [2.24, 2.45) is 7.05 Å². The van der Waals surface area contributed by atoms with Crippen molar-refractivity contribution in [3.05, 3.63) is 66.2 Å². The van der Waals surface area contributed by atoms with E-state index in [-0.39, 0.29) is 11.4 Å². The van der Waals surface area contributed by atoms with Crippen molar-refractivity contribution >= 4 is 15.5 Å². The highest BCUT2D eigenvalue weighted by Gasteiger charge is 2.34. The van der Waals surface area contributed by atoms with Crippen molar-refractivity contribution in [2.75, 3.05) is 10.7 Å². The molecule has 2 aromatic carbocycles. The summed E-state index contributed by atoms with van der Waals surface area (Å²) in [4.78, 5) is 1.67. The maximum atomic E-state index is 14.7. The summed E-state index contributed by atoms with van der Waals surface area (Å²) in [7, 11) is -1.77. The highest BCUT2D eigenvalue weighted by Crippen LogP contribution is 2.34. The molecule has 1 atom stereocenters. The average molecular weight is 387 g/mol. The molecule has 1 aliphatic heterocycles. The molecule has 0 fully saturated rings. The average Bonchev–Trinajstić information content (AvgIpc) is 3.06. The number of anilines is 1. The summed E-state index contributed by atoms with van der Waals surface area (Å²) in [5.41, 5.74) is 2.26. The molecule has 0 bridgehead atoms. The number of hydrogen-bond donors (Lipinski definition) is 1. The molecule has 1 unspecified atom stereocenters. The molecule has 0 saturated carbocycles. The van der Waals surface area contributed by atoms with Crippen LogP contribution in [0, 0.1) is 5.82 Å². The number of hydrogen-bond acceptors (Lipinski definition) is 5. The number of benzene rings is 2. The lowest BCUT2D eigenvalue weighted by molar-refractivity contribution is 0.185. The van der Waals surface area contributed by atoms with Crippen molar-refractivity contribution in [3.8, 4) is 11.1 Å². The molecular weight excluding hydrogens is 369 g/mol. The Morgan fingerprint density at radius 3 is 2.70 bits per heavy atom. The number of sulfone groups is 1. The Kier molecular flexibility index (Phi) is 4.24. The van der Waals surface area contributed by atoms with Crippen LogP contribution in [0.15, 0.2) is 59.8 Å². The fraction of sp³-hybridized carbons (Fsp3) is 0.211. The molecule has 0 saturated heterocycles. The van der Waals surface area contributed by atoms with Gasteiger partial charge in [0, 0.05) is 30.9 Å². The van der Waals surface area contributed by atoms with Crippen LogP contribution in [0.1, 0.15) is 5.56 Å². The van der Waals surface area contributed by atoms with E-state index in [2.05, 4.69) is 5.10 Å². The van der Waals surface area contributed by atoms with E-state index in [4.69, 9.17) is 0 Å². The van der Waals surface area contributed by atoms with Gasteiger partial charge in [-0.2, -0.15) is 5.10 Å². The van der Waals surface area contributed by atoms with Gasteiger partial charge in [-0.15, -0.1) is 0 Å². The molecule has 0 amide bonds. The fourth-order valence-electron chi connectivity index (χ4n) is 3.29. The number of aromatic nitrogens is 2. The SMILES string of the molecule is Cn1cc(-c2ccc(CN3c4ccccc4S(=O)(=O)CC3O)c(F)c2)cn1. The first-order chi connectivity index (χ1) is 12.8. The normalized spacial score (nSPS) is 18.3. The van der Waals surface area contributed by atoms with Crippen LogP contribution in [0.5, 0.6) is 0 Å². The molecule has 0 radical (unpaired) electrons. The van der Waals surface area contributed by atoms with Gasteiger partial charge >= 0.3 is 0 Å². The molecule has 6 nitrogen and oxygen atoms in total. The molecule has 1 aromatic heterocycles. The highest BCUT2D eigenvalue weighted by atomic mass is 32.2. The fourth-order valence-corrected chi connectivity index (χ4v) is 4.84. The number of aryl methyl sites for hydroxylation is 1. The molecule has 1 N–H and O–H groups in total. The zero-order valence-electron chi connectivity index (χ0n) is 14.6. The van der Waals surface area contributed by atoms with Crippen molar-refractivity contribution < 1.29 is 17.9 Å². The van der Waals surface area contributed by atoms with E-state index in [9.17, 15) is 17.9 Å². The van der Waals surface area contributed by atoms with Crippen LogP contribution in [0.25, 0.3) is 11.1 Å². The second-order valence-corrected chi connectivity index (χ2v) is 8.57. The smallest absolute Gasteiger partial charge is 0.184 e. The van der Waals surface area contributed by atoms with Gasteiger partial charge in [0.2, 0.25) is 0 Å². The van der Waals surface area contributed by atoms with Crippen LogP contribution >= 0.6 is 0 Å². The Morgan fingerprint density at radius 1 is 1.22 bits per heavy atom. The van der Waals surface area contributed by atoms with Crippen LogP contribution in [-0.2, 0) is 23.4 Å². The first kappa shape index (κ1) is 17.7. The molecule has 140 valence electrons. The summed E-state index contributed by atoms with van der Waals surface area (Å²) in [6, 6.07) is 11.3. The van der Waals surface area contributed by atoms with E-state index in [1.807, 2.05) is 0 Å². The van der Waals surface area contributed by atoms with Gasteiger partial charge < -0.3 is 10.0 Å². The molecule has 1 aliphatic rings. The summed E-state index contributed by atoms with van der Waals surface area (Å²) < 4.78 is 40.9. The maximum Gasteiger partial charge on any atom is 0.184 e. The predicted molar refractivity (Wildman–Crippen MR) is 99.3 cm³/mol. The quantitative estimate of drug-likeness (QED) is 0.747. The summed E-state index contributed by atoms with van der Waals surface area (Å²) in [6.45, 7) is 0.0624. The number of aliphatic hydroxyl groups excluding tert-OH is 1. The van der Waals surface area contributed by atoms with Gasteiger partial charge in [0.15, 0.2) is 9.84 Å². The van der Waals surface area contributed by atoms with E-state index < -0.39 is 27.6 Å². The van der Waals surface area contributed by atoms with Gasteiger partial charge in [0.25, 0.3) is 0 Å². The minimum Gasteiger partial charge on any atom is -0.372 e. The molecule has 2 heterocycles.